The monoisotopic (exact) mass is 355 g/mol. The van der Waals surface area contributed by atoms with Gasteiger partial charge in [-0.15, -0.1) is 0 Å². The van der Waals surface area contributed by atoms with E-state index in [4.69, 9.17) is 14.7 Å². The quantitative estimate of drug-likeness (QED) is 0.805. The van der Waals surface area contributed by atoms with Gasteiger partial charge < -0.3 is 10.1 Å². The van der Waals surface area contributed by atoms with Gasteiger partial charge in [0.15, 0.2) is 5.82 Å². The minimum atomic E-state index is -0.0921. The third-order valence-electron chi connectivity index (χ3n) is 3.56. The minimum Gasteiger partial charge on any atom is -0.370 e. The Hall–Kier alpha value is -0.680. The van der Waals surface area contributed by atoms with Crippen LogP contribution < -0.4 is 5.32 Å². The normalized spacial score (nSPS) is 16.9. The van der Waals surface area contributed by atoms with Gasteiger partial charge in [-0.1, -0.05) is 20.8 Å². The Morgan fingerprint density at radius 2 is 1.95 bits per heavy atom. The first kappa shape index (κ1) is 16.7. The lowest BCUT2D eigenvalue weighted by molar-refractivity contribution is -0.0191. The molecule has 0 saturated heterocycles. The third-order valence-corrected chi connectivity index (χ3v) is 4.34. The van der Waals surface area contributed by atoms with Crippen molar-refractivity contribution in [1.29, 1.82) is 0 Å². The number of ether oxygens (including phenoxy) is 1. The minimum absolute atomic E-state index is 0.0336. The van der Waals surface area contributed by atoms with Gasteiger partial charge in [-0.05, 0) is 48.0 Å². The summed E-state index contributed by atoms with van der Waals surface area (Å²) in [6, 6.07) is 0. The molecule has 118 valence electrons. The molecule has 4 nitrogen and oxygen atoms in total. The van der Waals surface area contributed by atoms with Gasteiger partial charge in [-0.3, -0.25) is 0 Å². The van der Waals surface area contributed by atoms with Gasteiger partial charge in [0.05, 0.1) is 10.2 Å². The van der Waals surface area contributed by atoms with Crippen molar-refractivity contribution < 1.29 is 4.74 Å². The van der Waals surface area contributed by atoms with Crippen LogP contribution in [0.15, 0.2) is 4.47 Å². The number of hydrogen-bond donors (Lipinski definition) is 1. The van der Waals surface area contributed by atoms with Crippen LogP contribution in [0.1, 0.15) is 71.0 Å². The molecule has 21 heavy (non-hydrogen) atoms. The molecule has 1 fully saturated rings. The van der Waals surface area contributed by atoms with Crippen molar-refractivity contribution in [2.75, 3.05) is 18.5 Å². The first-order chi connectivity index (χ1) is 9.88. The average molecular weight is 356 g/mol. The van der Waals surface area contributed by atoms with E-state index in [1.165, 1.54) is 12.8 Å². The molecule has 1 N–H and O–H groups in total. The molecule has 0 bridgehead atoms. The van der Waals surface area contributed by atoms with Crippen molar-refractivity contribution in [3.05, 3.63) is 16.0 Å². The highest BCUT2D eigenvalue weighted by atomic mass is 79.9. The van der Waals surface area contributed by atoms with Crippen LogP contribution in [-0.2, 0) is 4.74 Å². The van der Waals surface area contributed by atoms with Crippen molar-refractivity contribution in [2.45, 2.75) is 59.5 Å². The number of halogens is 1. The summed E-state index contributed by atoms with van der Waals surface area (Å²) in [6.07, 6.45) is 2.34. The van der Waals surface area contributed by atoms with Gasteiger partial charge in [0.25, 0.3) is 0 Å². The van der Waals surface area contributed by atoms with E-state index >= 15 is 0 Å². The fourth-order valence-electron chi connectivity index (χ4n) is 2.39. The molecular weight excluding hydrogens is 330 g/mol. The van der Waals surface area contributed by atoms with Gasteiger partial charge in [0.1, 0.15) is 11.9 Å². The van der Waals surface area contributed by atoms with Crippen LogP contribution in [0, 0.1) is 5.41 Å². The summed E-state index contributed by atoms with van der Waals surface area (Å²) in [5.74, 6) is 2.25. The third kappa shape index (κ3) is 3.95. The maximum atomic E-state index is 5.95. The molecule has 1 atom stereocenters. The van der Waals surface area contributed by atoms with E-state index in [-0.39, 0.29) is 11.5 Å². The number of nitrogens with zero attached hydrogens (tertiary/aromatic N) is 2. The zero-order chi connectivity index (χ0) is 15.6. The van der Waals surface area contributed by atoms with Crippen molar-refractivity contribution in [2.24, 2.45) is 5.41 Å². The van der Waals surface area contributed by atoms with Crippen LogP contribution in [0.5, 0.6) is 0 Å². The summed E-state index contributed by atoms with van der Waals surface area (Å²) in [5, 5.41) is 3.33. The van der Waals surface area contributed by atoms with Gasteiger partial charge in [-0.25, -0.2) is 9.97 Å². The Bertz CT molecular complexity index is 495. The molecule has 1 heterocycles. The summed E-state index contributed by atoms with van der Waals surface area (Å²) < 4.78 is 6.97. The van der Waals surface area contributed by atoms with E-state index in [0.29, 0.717) is 12.5 Å². The van der Waals surface area contributed by atoms with Crippen molar-refractivity contribution in [1.82, 2.24) is 9.97 Å². The number of anilines is 1. The summed E-state index contributed by atoms with van der Waals surface area (Å²) in [5.41, 5.74) is 1.10. The van der Waals surface area contributed by atoms with E-state index in [2.05, 4.69) is 48.9 Å². The second-order valence-corrected chi connectivity index (χ2v) is 7.43. The van der Waals surface area contributed by atoms with E-state index in [9.17, 15) is 0 Å². The fraction of sp³-hybridized carbons (Fsp3) is 0.750. The van der Waals surface area contributed by atoms with Crippen LogP contribution in [-0.4, -0.2) is 23.1 Å². The maximum absolute atomic E-state index is 5.95. The smallest absolute Gasteiger partial charge is 0.160 e. The van der Waals surface area contributed by atoms with Gasteiger partial charge in [0.2, 0.25) is 0 Å². The first-order valence-corrected chi connectivity index (χ1v) is 8.60. The molecule has 1 aliphatic rings. The topological polar surface area (TPSA) is 47.0 Å². The molecule has 0 amide bonds. The fourth-order valence-corrected chi connectivity index (χ4v) is 3.03. The molecule has 0 spiro atoms. The number of aromatic nitrogens is 2. The van der Waals surface area contributed by atoms with E-state index in [0.717, 1.165) is 28.4 Å². The Morgan fingerprint density at radius 1 is 1.29 bits per heavy atom. The Labute approximate surface area is 136 Å². The molecular formula is C16H26BrN3O. The van der Waals surface area contributed by atoms with Gasteiger partial charge in [0, 0.05) is 19.1 Å². The second-order valence-electron chi connectivity index (χ2n) is 6.64. The zero-order valence-electron chi connectivity index (χ0n) is 13.7. The van der Waals surface area contributed by atoms with Gasteiger partial charge >= 0.3 is 0 Å². The van der Waals surface area contributed by atoms with Gasteiger partial charge in [-0.2, -0.15) is 0 Å². The lowest BCUT2D eigenvalue weighted by Gasteiger charge is -2.29. The molecule has 0 aromatic carbocycles. The highest BCUT2D eigenvalue weighted by molar-refractivity contribution is 9.10. The van der Waals surface area contributed by atoms with E-state index in [1.54, 1.807) is 0 Å². The highest BCUT2D eigenvalue weighted by Crippen LogP contribution is 2.45. The van der Waals surface area contributed by atoms with E-state index < -0.39 is 0 Å². The molecule has 2 rings (SSSR count). The Kier molecular flexibility index (Phi) is 5.25. The summed E-state index contributed by atoms with van der Waals surface area (Å²) in [6.45, 7) is 12.1. The molecule has 1 aromatic heterocycles. The average Bonchev–Trinajstić information content (AvgIpc) is 3.22. The SMILES string of the molecule is CCNc1nc(C(OCC)C(C)(C)C)nc(C2CC2)c1Br. The Morgan fingerprint density at radius 3 is 2.43 bits per heavy atom. The molecule has 0 radical (unpaired) electrons. The maximum Gasteiger partial charge on any atom is 0.160 e. The molecule has 5 heteroatoms. The molecule has 1 aliphatic carbocycles. The number of nitrogens with one attached hydrogen (secondary N) is 1. The predicted octanol–water partition coefficient (Wildman–Crippen LogP) is 4.67. The van der Waals surface area contributed by atoms with Crippen LogP contribution in [0.3, 0.4) is 0 Å². The molecule has 1 unspecified atom stereocenters. The highest BCUT2D eigenvalue weighted by Gasteiger charge is 2.34. The number of rotatable bonds is 6. The zero-order valence-corrected chi connectivity index (χ0v) is 15.2. The second kappa shape index (κ2) is 6.61. The molecule has 1 aromatic rings. The van der Waals surface area contributed by atoms with Crippen molar-refractivity contribution in [3.8, 4) is 0 Å². The van der Waals surface area contributed by atoms with Crippen LogP contribution >= 0.6 is 15.9 Å². The van der Waals surface area contributed by atoms with Crippen LogP contribution in [0.25, 0.3) is 0 Å². The van der Waals surface area contributed by atoms with E-state index in [1.807, 2.05) is 6.92 Å². The predicted molar refractivity (Wildman–Crippen MR) is 89.7 cm³/mol. The molecule has 0 aliphatic heterocycles. The first-order valence-electron chi connectivity index (χ1n) is 7.81. The summed E-state index contributed by atoms with van der Waals surface area (Å²) in [7, 11) is 0. The van der Waals surface area contributed by atoms with Crippen LogP contribution in [0.2, 0.25) is 0 Å². The van der Waals surface area contributed by atoms with Crippen molar-refractivity contribution >= 4 is 21.7 Å². The van der Waals surface area contributed by atoms with Crippen LogP contribution in [0.4, 0.5) is 5.82 Å². The number of hydrogen-bond acceptors (Lipinski definition) is 4. The molecule has 1 saturated carbocycles. The summed E-state index contributed by atoms with van der Waals surface area (Å²) >= 11 is 3.67. The summed E-state index contributed by atoms with van der Waals surface area (Å²) in [4.78, 5) is 9.56. The lowest BCUT2D eigenvalue weighted by Crippen LogP contribution is -2.24. The largest absolute Gasteiger partial charge is 0.370 e. The van der Waals surface area contributed by atoms with Crippen molar-refractivity contribution in [3.63, 3.8) is 0 Å². The Balaban J connectivity index is 2.45. The standard InChI is InChI=1S/C16H26BrN3O/c1-6-18-14-11(17)12(10-8-9-10)19-15(20-14)13(21-7-2)16(3,4)5/h10,13H,6-9H2,1-5H3,(H,18,19,20). The lowest BCUT2D eigenvalue weighted by atomic mass is 9.88.